The van der Waals surface area contributed by atoms with Crippen molar-refractivity contribution in [3.8, 4) is 0 Å². The first-order chi connectivity index (χ1) is 34.2. The van der Waals surface area contributed by atoms with Gasteiger partial charge in [-0.2, -0.15) is 20.5 Å². The van der Waals surface area contributed by atoms with Gasteiger partial charge in [0, 0.05) is 32.1 Å². The summed E-state index contributed by atoms with van der Waals surface area (Å²) in [4.78, 5) is 44.6. The molecule has 2 aromatic heterocycles. The van der Waals surface area contributed by atoms with E-state index >= 15 is 0 Å². The molecule has 0 saturated carbocycles. The maximum Gasteiger partial charge on any atom is 0.407 e. The van der Waals surface area contributed by atoms with Crippen LogP contribution in [0.5, 0.6) is 0 Å². The fourth-order valence-electron chi connectivity index (χ4n) is 5.52. The SMILES string of the molecule is CC(C)(C)OC(=O)NCCOCCOCCOCCOCCOCCOCCOCCOCCOCCOCCOCCNC(=O)CCCC(=O)Nc1ccc(C2N=NC(c3ccccn3)N=N2)nc1. The van der Waals surface area contributed by atoms with Crippen LogP contribution in [-0.2, 0) is 66.4 Å². The van der Waals surface area contributed by atoms with Crippen molar-refractivity contribution < 1.29 is 71.2 Å². The normalized spacial score (nSPS) is 14.4. The van der Waals surface area contributed by atoms with Crippen molar-refractivity contribution in [3.63, 3.8) is 0 Å². The van der Waals surface area contributed by atoms with Crippen LogP contribution in [0.15, 0.2) is 63.2 Å². The molecule has 0 radical (unpaired) electrons. The van der Waals surface area contributed by atoms with E-state index in [1.165, 1.54) is 6.20 Å². The molecule has 0 aromatic carbocycles. The number of pyridine rings is 2. The first-order valence-corrected chi connectivity index (χ1v) is 23.7. The predicted octanol–water partition coefficient (Wildman–Crippen LogP) is 4.02. The van der Waals surface area contributed by atoms with E-state index < -0.39 is 24.0 Å². The van der Waals surface area contributed by atoms with E-state index in [1.54, 1.807) is 24.4 Å². The highest BCUT2D eigenvalue weighted by molar-refractivity contribution is 5.90. The van der Waals surface area contributed by atoms with E-state index in [0.29, 0.717) is 182 Å². The van der Waals surface area contributed by atoms with Crippen molar-refractivity contribution in [2.75, 3.05) is 164 Å². The number of anilines is 1. The molecule has 0 bridgehead atoms. The van der Waals surface area contributed by atoms with E-state index in [1.807, 2.05) is 32.9 Å². The summed E-state index contributed by atoms with van der Waals surface area (Å²) in [5.74, 6) is -0.373. The van der Waals surface area contributed by atoms with Gasteiger partial charge in [-0.15, -0.1) is 0 Å². The van der Waals surface area contributed by atoms with Crippen LogP contribution in [0.25, 0.3) is 0 Å². The Bertz CT molecular complexity index is 1680. The van der Waals surface area contributed by atoms with Gasteiger partial charge < -0.3 is 72.8 Å². The van der Waals surface area contributed by atoms with E-state index in [0.717, 1.165) is 0 Å². The molecule has 3 heterocycles. The van der Waals surface area contributed by atoms with Crippen LogP contribution in [0.4, 0.5) is 10.5 Å². The number of azo groups is 2. The van der Waals surface area contributed by atoms with Crippen LogP contribution in [-0.4, -0.2) is 192 Å². The lowest BCUT2D eigenvalue weighted by atomic mass is 10.2. The van der Waals surface area contributed by atoms with E-state index in [9.17, 15) is 14.4 Å². The van der Waals surface area contributed by atoms with Gasteiger partial charge in [-0.25, -0.2) is 4.79 Å². The van der Waals surface area contributed by atoms with Gasteiger partial charge in [0.25, 0.3) is 0 Å². The Morgan fingerprint density at radius 1 is 0.471 bits per heavy atom. The van der Waals surface area contributed by atoms with Gasteiger partial charge in [0.05, 0.1) is 169 Å². The van der Waals surface area contributed by atoms with Gasteiger partial charge in [-0.3, -0.25) is 19.6 Å². The third-order valence-electron chi connectivity index (χ3n) is 8.87. The van der Waals surface area contributed by atoms with E-state index in [2.05, 4.69) is 46.4 Å². The molecule has 3 rings (SSSR count). The molecule has 1 aliphatic heterocycles. The highest BCUT2D eigenvalue weighted by Gasteiger charge is 2.20. The first kappa shape index (κ1) is 59.6. The molecule has 3 N–H and O–H groups in total. The number of alkyl carbamates (subject to hydrolysis) is 1. The standard InChI is InChI=1S/C46H75N9O15/c1-46(2,3)70-45(58)49-14-16-60-18-20-62-22-24-64-26-28-66-30-32-68-34-36-69-35-33-67-31-29-65-27-25-63-23-21-61-19-17-59-15-13-48-41(56)8-6-9-42(57)51-38-10-11-40(50-37-38)44-54-52-43(53-55-44)39-7-4-5-12-47-39/h4-5,7,10-12,37,43-44H,6,8-9,13-36H2,1-3H3,(H,48,56)(H,49,58)(H,51,57). The number of hydrogen-bond acceptors (Lipinski definition) is 21. The minimum absolute atomic E-state index is 0.153. The summed E-state index contributed by atoms with van der Waals surface area (Å²) in [5, 5.41) is 25.0. The molecule has 1 aliphatic rings. The molecule has 394 valence electrons. The summed E-state index contributed by atoms with van der Waals surface area (Å²) in [7, 11) is 0. The second-order valence-electron chi connectivity index (χ2n) is 15.9. The maximum absolute atomic E-state index is 12.4. The number of aromatic nitrogens is 2. The fraction of sp³-hybridized carbons (Fsp3) is 0.717. The average molecular weight is 994 g/mol. The number of nitrogens with zero attached hydrogens (tertiary/aromatic N) is 6. The zero-order valence-corrected chi connectivity index (χ0v) is 41.1. The third kappa shape index (κ3) is 33.0. The number of rotatable bonds is 43. The van der Waals surface area contributed by atoms with Crippen LogP contribution >= 0.6 is 0 Å². The quantitative estimate of drug-likeness (QED) is 0.0792. The van der Waals surface area contributed by atoms with Crippen molar-refractivity contribution in [1.82, 2.24) is 20.6 Å². The Labute approximate surface area is 410 Å². The second-order valence-corrected chi connectivity index (χ2v) is 15.9. The zero-order valence-electron chi connectivity index (χ0n) is 41.1. The lowest BCUT2D eigenvalue weighted by Crippen LogP contribution is -2.34. The average Bonchev–Trinajstić information content (AvgIpc) is 3.35. The Morgan fingerprint density at radius 3 is 1.23 bits per heavy atom. The third-order valence-corrected chi connectivity index (χ3v) is 8.87. The molecule has 0 fully saturated rings. The number of hydrogen-bond donors (Lipinski definition) is 3. The molecule has 0 atom stereocenters. The van der Waals surface area contributed by atoms with Gasteiger partial charge in [0.15, 0.2) is 0 Å². The topological polar surface area (TPSA) is 273 Å². The summed E-state index contributed by atoms with van der Waals surface area (Å²) in [5.41, 5.74) is 1.20. The minimum Gasteiger partial charge on any atom is -0.444 e. The first-order valence-electron chi connectivity index (χ1n) is 23.7. The Hall–Kier alpha value is -4.73. The lowest BCUT2D eigenvalue weighted by Gasteiger charge is -2.19. The minimum atomic E-state index is -0.659. The Morgan fingerprint density at radius 2 is 0.857 bits per heavy atom. The molecule has 70 heavy (non-hydrogen) atoms. The van der Waals surface area contributed by atoms with Gasteiger partial charge in [0.2, 0.25) is 24.1 Å². The van der Waals surface area contributed by atoms with Gasteiger partial charge in [-0.05, 0) is 51.5 Å². The van der Waals surface area contributed by atoms with E-state index in [4.69, 9.17) is 56.8 Å². The van der Waals surface area contributed by atoms with Crippen LogP contribution in [0.1, 0.15) is 63.8 Å². The largest absolute Gasteiger partial charge is 0.444 e. The van der Waals surface area contributed by atoms with Gasteiger partial charge in [0.1, 0.15) is 5.60 Å². The maximum atomic E-state index is 12.4. The summed E-state index contributed by atoms with van der Waals surface area (Å²) < 4.78 is 65.5. The van der Waals surface area contributed by atoms with E-state index in [-0.39, 0.29) is 24.7 Å². The second kappa shape index (κ2) is 39.9. The molecule has 24 nitrogen and oxygen atoms in total. The zero-order chi connectivity index (χ0) is 50.0. The molecular weight excluding hydrogens is 919 g/mol. The van der Waals surface area contributed by atoms with Gasteiger partial charge >= 0.3 is 6.09 Å². The fourth-order valence-corrected chi connectivity index (χ4v) is 5.52. The molecule has 0 spiro atoms. The Kier molecular flexibility index (Phi) is 34.0. The molecule has 24 heteroatoms. The summed E-state index contributed by atoms with van der Waals surface area (Å²) >= 11 is 0. The van der Waals surface area contributed by atoms with Crippen LogP contribution in [0.2, 0.25) is 0 Å². The highest BCUT2D eigenvalue weighted by Crippen LogP contribution is 2.29. The Balaban J connectivity index is 0.940. The van der Waals surface area contributed by atoms with Crippen molar-refractivity contribution in [1.29, 1.82) is 0 Å². The number of ether oxygens (including phenoxy) is 12. The summed E-state index contributed by atoms with van der Waals surface area (Å²) in [6.45, 7) is 15.9. The number of nitrogens with one attached hydrogen (secondary N) is 3. The number of carbonyl (C=O) groups is 3. The molecular formula is C46H75N9O15. The van der Waals surface area contributed by atoms with Crippen molar-refractivity contribution >= 4 is 23.6 Å². The van der Waals surface area contributed by atoms with Crippen molar-refractivity contribution in [3.05, 3.63) is 54.1 Å². The summed E-state index contributed by atoms with van der Waals surface area (Å²) in [6, 6.07) is 8.88. The monoisotopic (exact) mass is 994 g/mol. The molecule has 0 aliphatic carbocycles. The van der Waals surface area contributed by atoms with Crippen LogP contribution in [0.3, 0.4) is 0 Å². The highest BCUT2D eigenvalue weighted by atomic mass is 16.6. The summed E-state index contributed by atoms with van der Waals surface area (Å²) in [6.07, 6.45) is 2.29. The molecule has 0 saturated heterocycles. The predicted molar refractivity (Wildman–Crippen MR) is 252 cm³/mol. The van der Waals surface area contributed by atoms with Crippen LogP contribution in [0, 0.1) is 0 Å². The van der Waals surface area contributed by atoms with Crippen molar-refractivity contribution in [2.24, 2.45) is 20.5 Å². The molecule has 2 aromatic rings. The van der Waals surface area contributed by atoms with Crippen molar-refractivity contribution in [2.45, 2.75) is 58.0 Å². The van der Waals surface area contributed by atoms with Gasteiger partial charge in [-0.1, -0.05) is 6.07 Å². The molecule has 0 unspecified atom stereocenters. The molecule has 3 amide bonds. The smallest absolute Gasteiger partial charge is 0.407 e. The number of amides is 3. The lowest BCUT2D eigenvalue weighted by molar-refractivity contribution is -0.121. The number of carbonyl (C=O) groups excluding carboxylic acids is 3. The van der Waals surface area contributed by atoms with Crippen LogP contribution < -0.4 is 16.0 Å².